The molecule has 12 heavy (non-hydrogen) atoms. The van der Waals surface area contributed by atoms with E-state index in [2.05, 4.69) is 10.4 Å². The number of fused-ring (bicyclic) bond motifs is 1. The number of hydrogen-bond acceptors (Lipinski definition) is 2. The molecule has 0 aromatic carbocycles. The number of aryl methyl sites for hydroxylation is 1. The van der Waals surface area contributed by atoms with Gasteiger partial charge in [-0.25, -0.2) is 0 Å². The summed E-state index contributed by atoms with van der Waals surface area (Å²) in [5, 5.41) is 7.59. The number of nitrogens with zero attached hydrogens (tertiary/aromatic N) is 2. The lowest BCUT2D eigenvalue weighted by Crippen LogP contribution is -2.21. The van der Waals surface area contributed by atoms with Crippen LogP contribution in [-0.2, 0) is 13.5 Å². The Morgan fingerprint density at radius 1 is 1.67 bits per heavy atom. The Hall–Kier alpha value is -0.830. The van der Waals surface area contributed by atoms with Crippen LogP contribution >= 0.6 is 0 Å². The minimum absolute atomic E-state index is 0.530. The molecule has 3 nitrogen and oxygen atoms in total. The molecule has 0 radical (unpaired) electrons. The van der Waals surface area contributed by atoms with Gasteiger partial charge in [-0.05, 0) is 26.3 Å². The van der Waals surface area contributed by atoms with Crippen LogP contribution in [0.3, 0.4) is 0 Å². The Balaban J connectivity index is 2.38. The van der Waals surface area contributed by atoms with Crippen LogP contribution in [-0.4, -0.2) is 16.8 Å². The second-order valence-corrected chi connectivity index (χ2v) is 3.40. The monoisotopic (exact) mass is 165 g/mol. The van der Waals surface area contributed by atoms with Gasteiger partial charge in [0, 0.05) is 24.3 Å². The summed E-state index contributed by atoms with van der Waals surface area (Å²) in [7, 11) is 4.05. The molecule has 0 fully saturated rings. The first-order chi connectivity index (χ1) is 5.83. The maximum atomic E-state index is 4.27. The van der Waals surface area contributed by atoms with Gasteiger partial charge in [0.15, 0.2) is 0 Å². The topological polar surface area (TPSA) is 29.9 Å². The van der Waals surface area contributed by atoms with Gasteiger partial charge in [-0.3, -0.25) is 4.68 Å². The highest BCUT2D eigenvalue weighted by atomic mass is 15.3. The minimum atomic E-state index is 0.530. The fourth-order valence-corrected chi connectivity index (χ4v) is 2.01. The van der Waals surface area contributed by atoms with Crippen molar-refractivity contribution in [3.05, 3.63) is 17.5 Å². The summed E-state index contributed by atoms with van der Waals surface area (Å²) in [5.41, 5.74) is 2.80. The molecular weight excluding hydrogens is 150 g/mol. The van der Waals surface area contributed by atoms with Gasteiger partial charge in [-0.1, -0.05) is 0 Å². The number of nitrogens with one attached hydrogen (secondary N) is 1. The Morgan fingerprint density at radius 3 is 3.25 bits per heavy atom. The number of hydrogen-bond donors (Lipinski definition) is 1. The van der Waals surface area contributed by atoms with Gasteiger partial charge in [0.05, 0.1) is 6.20 Å². The standard InChI is InChI=1S/C9H15N3/c1-10-8-4-3-5-9-7(8)6-11-12(9)2/h6,8,10H,3-5H2,1-2H3/t8-/m0/s1. The van der Waals surface area contributed by atoms with Crippen LogP contribution in [0.25, 0.3) is 0 Å². The van der Waals surface area contributed by atoms with E-state index in [0.717, 1.165) is 0 Å². The second kappa shape index (κ2) is 2.90. The van der Waals surface area contributed by atoms with Crippen molar-refractivity contribution in [2.75, 3.05) is 7.05 Å². The quantitative estimate of drug-likeness (QED) is 0.673. The zero-order valence-electron chi connectivity index (χ0n) is 7.67. The van der Waals surface area contributed by atoms with Gasteiger partial charge in [-0.15, -0.1) is 0 Å². The van der Waals surface area contributed by atoms with E-state index in [0.29, 0.717) is 6.04 Å². The summed E-state index contributed by atoms with van der Waals surface area (Å²) in [5.74, 6) is 0. The Labute approximate surface area is 72.8 Å². The SMILES string of the molecule is CN[C@H]1CCCc2c1cnn2C. The van der Waals surface area contributed by atoms with Gasteiger partial charge >= 0.3 is 0 Å². The van der Waals surface area contributed by atoms with E-state index in [9.17, 15) is 0 Å². The second-order valence-electron chi connectivity index (χ2n) is 3.40. The summed E-state index contributed by atoms with van der Waals surface area (Å²) in [6, 6.07) is 0.530. The molecule has 0 saturated carbocycles. The molecule has 2 rings (SSSR count). The fourth-order valence-electron chi connectivity index (χ4n) is 2.01. The lowest BCUT2D eigenvalue weighted by atomic mass is 9.93. The van der Waals surface area contributed by atoms with E-state index >= 15 is 0 Å². The molecule has 1 aliphatic rings. The van der Waals surface area contributed by atoms with Crippen LogP contribution < -0.4 is 5.32 Å². The predicted octanol–water partition coefficient (Wildman–Crippen LogP) is 1.02. The summed E-state index contributed by atoms with van der Waals surface area (Å²) in [4.78, 5) is 0. The van der Waals surface area contributed by atoms with Crippen molar-refractivity contribution < 1.29 is 0 Å². The fraction of sp³-hybridized carbons (Fsp3) is 0.667. The molecule has 0 spiro atoms. The van der Waals surface area contributed by atoms with Crippen molar-refractivity contribution in [1.29, 1.82) is 0 Å². The molecular formula is C9H15N3. The summed E-state index contributed by atoms with van der Waals surface area (Å²) in [6.07, 6.45) is 5.70. The van der Waals surface area contributed by atoms with E-state index in [4.69, 9.17) is 0 Å². The van der Waals surface area contributed by atoms with Crippen molar-refractivity contribution in [1.82, 2.24) is 15.1 Å². The zero-order valence-corrected chi connectivity index (χ0v) is 7.67. The molecule has 0 unspecified atom stereocenters. The zero-order chi connectivity index (χ0) is 8.55. The van der Waals surface area contributed by atoms with Crippen LogP contribution in [0.5, 0.6) is 0 Å². The van der Waals surface area contributed by atoms with Crippen LogP contribution in [0.4, 0.5) is 0 Å². The van der Waals surface area contributed by atoms with Crippen molar-refractivity contribution in [3.63, 3.8) is 0 Å². The predicted molar refractivity (Wildman–Crippen MR) is 47.9 cm³/mol. The molecule has 66 valence electrons. The Bertz CT molecular complexity index is 277. The lowest BCUT2D eigenvalue weighted by molar-refractivity contribution is 0.486. The largest absolute Gasteiger partial charge is 0.313 e. The average Bonchev–Trinajstić information content (AvgIpc) is 2.48. The third kappa shape index (κ3) is 1.05. The molecule has 0 bridgehead atoms. The molecule has 1 aromatic rings. The van der Waals surface area contributed by atoms with Gasteiger partial charge in [0.2, 0.25) is 0 Å². The average molecular weight is 165 g/mol. The minimum Gasteiger partial charge on any atom is -0.313 e. The number of aromatic nitrogens is 2. The highest BCUT2D eigenvalue weighted by Crippen LogP contribution is 2.28. The van der Waals surface area contributed by atoms with Crippen molar-refractivity contribution in [2.45, 2.75) is 25.3 Å². The smallest absolute Gasteiger partial charge is 0.0540 e. The highest BCUT2D eigenvalue weighted by molar-refractivity contribution is 5.24. The molecule has 0 amide bonds. The molecule has 0 saturated heterocycles. The third-order valence-corrected chi connectivity index (χ3v) is 2.72. The summed E-state index contributed by atoms with van der Waals surface area (Å²) in [6.45, 7) is 0. The number of rotatable bonds is 1. The van der Waals surface area contributed by atoms with E-state index in [1.54, 1.807) is 0 Å². The molecule has 1 aromatic heterocycles. The first-order valence-corrected chi connectivity index (χ1v) is 4.51. The van der Waals surface area contributed by atoms with Gasteiger partial charge in [0.25, 0.3) is 0 Å². The molecule has 1 atom stereocenters. The molecule has 1 aliphatic carbocycles. The van der Waals surface area contributed by atoms with Gasteiger partial charge in [-0.2, -0.15) is 5.10 Å². The van der Waals surface area contributed by atoms with E-state index in [1.165, 1.54) is 30.5 Å². The van der Waals surface area contributed by atoms with Gasteiger partial charge < -0.3 is 5.32 Å². The molecule has 1 heterocycles. The lowest BCUT2D eigenvalue weighted by Gasteiger charge is -2.21. The van der Waals surface area contributed by atoms with E-state index in [-0.39, 0.29) is 0 Å². The van der Waals surface area contributed by atoms with Crippen LogP contribution in [0, 0.1) is 0 Å². The summed E-state index contributed by atoms with van der Waals surface area (Å²) >= 11 is 0. The Morgan fingerprint density at radius 2 is 2.50 bits per heavy atom. The summed E-state index contributed by atoms with van der Waals surface area (Å²) < 4.78 is 2.00. The first kappa shape index (κ1) is 7.80. The molecule has 0 aliphatic heterocycles. The molecule has 1 N–H and O–H groups in total. The van der Waals surface area contributed by atoms with Crippen molar-refractivity contribution in [2.24, 2.45) is 7.05 Å². The Kier molecular flexibility index (Phi) is 1.89. The van der Waals surface area contributed by atoms with Crippen LogP contribution in [0.15, 0.2) is 6.20 Å². The highest BCUT2D eigenvalue weighted by Gasteiger charge is 2.21. The maximum Gasteiger partial charge on any atom is 0.0540 e. The van der Waals surface area contributed by atoms with Gasteiger partial charge in [0.1, 0.15) is 0 Å². The first-order valence-electron chi connectivity index (χ1n) is 4.51. The normalized spacial score (nSPS) is 22.3. The van der Waals surface area contributed by atoms with Crippen LogP contribution in [0.1, 0.15) is 30.1 Å². The van der Waals surface area contributed by atoms with E-state index in [1.807, 2.05) is 25.0 Å². The molecule has 3 heteroatoms. The third-order valence-electron chi connectivity index (χ3n) is 2.72. The van der Waals surface area contributed by atoms with Crippen molar-refractivity contribution in [3.8, 4) is 0 Å². The van der Waals surface area contributed by atoms with E-state index < -0.39 is 0 Å². The maximum absolute atomic E-state index is 4.27. The van der Waals surface area contributed by atoms with Crippen molar-refractivity contribution >= 4 is 0 Å². The van der Waals surface area contributed by atoms with Crippen LogP contribution in [0.2, 0.25) is 0 Å².